The van der Waals surface area contributed by atoms with Gasteiger partial charge < -0.3 is 10.5 Å². The number of ether oxygens (including phenoxy) is 1. The van der Waals surface area contributed by atoms with Gasteiger partial charge in [0.15, 0.2) is 0 Å². The number of methoxy groups -OCH3 is 1. The van der Waals surface area contributed by atoms with E-state index in [4.69, 9.17) is 22.1 Å². The molecule has 0 aliphatic carbocycles. The zero-order valence-electron chi connectivity index (χ0n) is 9.83. The van der Waals surface area contributed by atoms with Crippen LogP contribution in [0, 0.1) is 6.92 Å². The minimum absolute atomic E-state index is 0.601. The van der Waals surface area contributed by atoms with Crippen LogP contribution in [0.1, 0.15) is 5.56 Å². The molecule has 0 spiro atoms. The van der Waals surface area contributed by atoms with E-state index in [1.54, 1.807) is 7.11 Å². The predicted octanol–water partition coefficient (Wildman–Crippen LogP) is 3.91. The summed E-state index contributed by atoms with van der Waals surface area (Å²) in [5.41, 5.74) is 9.84. The van der Waals surface area contributed by atoms with Crippen LogP contribution in [0.3, 0.4) is 0 Å². The number of aryl methyl sites for hydroxylation is 1. The molecule has 0 aliphatic heterocycles. The number of hydrogen-bond acceptors (Lipinski definition) is 2. The van der Waals surface area contributed by atoms with Gasteiger partial charge in [0.1, 0.15) is 5.75 Å². The van der Waals surface area contributed by atoms with E-state index in [1.807, 2.05) is 43.3 Å². The van der Waals surface area contributed by atoms with E-state index in [0.717, 1.165) is 22.4 Å². The molecule has 88 valence electrons. The van der Waals surface area contributed by atoms with Crippen molar-refractivity contribution in [2.45, 2.75) is 6.92 Å². The molecule has 0 unspecified atom stereocenters. The van der Waals surface area contributed by atoms with Crippen molar-refractivity contribution in [1.82, 2.24) is 0 Å². The first-order chi connectivity index (χ1) is 8.11. The molecule has 0 radical (unpaired) electrons. The molecule has 0 bridgehead atoms. The molecule has 0 atom stereocenters. The first kappa shape index (κ1) is 11.8. The average molecular weight is 248 g/mol. The number of benzene rings is 2. The molecule has 2 aromatic carbocycles. The second kappa shape index (κ2) is 4.68. The minimum atomic E-state index is 0.601. The molecule has 0 saturated carbocycles. The van der Waals surface area contributed by atoms with Gasteiger partial charge in [-0.25, -0.2) is 0 Å². The van der Waals surface area contributed by atoms with Gasteiger partial charge >= 0.3 is 0 Å². The van der Waals surface area contributed by atoms with Crippen molar-refractivity contribution in [3.05, 3.63) is 47.0 Å². The van der Waals surface area contributed by atoms with Gasteiger partial charge in [-0.05, 0) is 41.8 Å². The fraction of sp³-hybridized carbons (Fsp3) is 0.143. The van der Waals surface area contributed by atoms with E-state index >= 15 is 0 Å². The van der Waals surface area contributed by atoms with Crippen LogP contribution in [0.25, 0.3) is 11.1 Å². The molecule has 0 saturated heterocycles. The first-order valence-corrected chi connectivity index (χ1v) is 5.69. The summed E-state index contributed by atoms with van der Waals surface area (Å²) in [6.07, 6.45) is 0. The lowest BCUT2D eigenvalue weighted by Crippen LogP contribution is -1.90. The molecular weight excluding hydrogens is 234 g/mol. The molecule has 0 heterocycles. The summed E-state index contributed by atoms with van der Waals surface area (Å²) in [6.45, 7) is 1.99. The summed E-state index contributed by atoms with van der Waals surface area (Å²) in [5.74, 6) is 0.676. The van der Waals surface area contributed by atoms with E-state index in [9.17, 15) is 0 Å². The van der Waals surface area contributed by atoms with Gasteiger partial charge in [-0.1, -0.05) is 29.8 Å². The monoisotopic (exact) mass is 247 g/mol. The third kappa shape index (κ3) is 2.37. The molecule has 2 rings (SSSR count). The Labute approximate surface area is 106 Å². The Bertz CT molecular complexity index is 552. The summed E-state index contributed by atoms with van der Waals surface area (Å²) in [4.78, 5) is 0. The van der Waals surface area contributed by atoms with Crippen molar-refractivity contribution >= 4 is 17.3 Å². The molecule has 0 aliphatic rings. The van der Waals surface area contributed by atoms with Crippen LogP contribution >= 0.6 is 11.6 Å². The molecule has 2 nitrogen and oxygen atoms in total. The van der Waals surface area contributed by atoms with E-state index in [1.165, 1.54) is 0 Å². The number of hydrogen-bond donors (Lipinski definition) is 1. The number of halogens is 1. The molecule has 3 heteroatoms. The summed E-state index contributed by atoms with van der Waals surface area (Å²) < 4.78 is 5.12. The summed E-state index contributed by atoms with van der Waals surface area (Å²) >= 11 is 6.09. The second-order valence-corrected chi connectivity index (χ2v) is 4.33. The summed E-state index contributed by atoms with van der Waals surface area (Å²) in [7, 11) is 1.60. The van der Waals surface area contributed by atoms with Gasteiger partial charge in [0.05, 0.1) is 12.1 Å². The van der Waals surface area contributed by atoms with Crippen LogP contribution in [-0.2, 0) is 0 Å². The van der Waals surface area contributed by atoms with E-state index in [0.29, 0.717) is 10.8 Å². The Balaban J connectivity index is 2.46. The Morgan fingerprint density at radius 3 is 2.29 bits per heavy atom. The van der Waals surface area contributed by atoms with Gasteiger partial charge in [0.25, 0.3) is 0 Å². The second-order valence-electron chi connectivity index (χ2n) is 3.92. The molecule has 17 heavy (non-hydrogen) atoms. The van der Waals surface area contributed by atoms with Crippen LogP contribution < -0.4 is 10.5 Å². The molecule has 0 aromatic heterocycles. The van der Waals surface area contributed by atoms with Gasteiger partial charge in [-0.3, -0.25) is 0 Å². The third-order valence-corrected chi connectivity index (χ3v) is 3.06. The maximum Gasteiger partial charge on any atom is 0.137 e. The van der Waals surface area contributed by atoms with Gasteiger partial charge in [0, 0.05) is 5.69 Å². The molecule has 0 fully saturated rings. The highest BCUT2D eigenvalue weighted by molar-refractivity contribution is 6.32. The van der Waals surface area contributed by atoms with Crippen LogP contribution in [0.5, 0.6) is 5.75 Å². The Morgan fingerprint density at radius 1 is 1.06 bits per heavy atom. The largest absolute Gasteiger partial charge is 0.495 e. The van der Waals surface area contributed by atoms with Crippen molar-refractivity contribution in [3.8, 4) is 16.9 Å². The summed E-state index contributed by atoms with van der Waals surface area (Å²) in [5, 5.41) is 0.601. The Morgan fingerprint density at radius 2 is 1.71 bits per heavy atom. The SMILES string of the molecule is COc1ccc(-c2ccc(C)c(N)c2)cc1Cl. The van der Waals surface area contributed by atoms with Crippen LogP contribution in [0.4, 0.5) is 5.69 Å². The zero-order valence-corrected chi connectivity index (χ0v) is 10.6. The van der Waals surface area contributed by atoms with Crippen molar-refractivity contribution in [3.63, 3.8) is 0 Å². The number of anilines is 1. The quantitative estimate of drug-likeness (QED) is 0.817. The summed E-state index contributed by atoms with van der Waals surface area (Å²) in [6, 6.07) is 11.7. The van der Waals surface area contributed by atoms with Gasteiger partial charge in [-0.15, -0.1) is 0 Å². The predicted molar refractivity (Wildman–Crippen MR) is 72.6 cm³/mol. The van der Waals surface area contributed by atoms with E-state index in [-0.39, 0.29) is 0 Å². The van der Waals surface area contributed by atoms with Crippen LogP contribution in [0.15, 0.2) is 36.4 Å². The smallest absolute Gasteiger partial charge is 0.137 e. The fourth-order valence-electron chi connectivity index (χ4n) is 1.67. The van der Waals surface area contributed by atoms with Gasteiger partial charge in [-0.2, -0.15) is 0 Å². The highest BCUT2D eigenvalue weighted by Gasteiger charge is 2.04. The Kier molecular flexibility index (Phi) is 3.25. The van der Waals surface area contributed by atoms with Crippen LogP contribution in [-0.4, -0.2) is 7.11 Å². The number of rotatable bonds is 2. The Hall–Kier alpha value is -1.67. The fourth-order valence-corrected chi connectivity index (χ4v) is 1.92. The molecule has 2 aromatic rings. The molecule has 0 amide bonds. The van der Waals surface area contributed by atoms with Crippen molar-refractivity contribution in [1.29, 1.82) is 0 Å². The van der Waals surface area contributed by atoms with Crippen molar-refractivity contribution < 1.29 is 4.74 Å². The average Bonchev–Trinajstić information content (AvgIpc) is 2.32. The highest BCUT2D eigenvalue weighted by atomic mass is 35.5. The number of nitrogens with two attached hydrogens (primary N) is 1. The zero-order chi connectivity index (χ0) is 12.4. The number of nitrogen functional groups attached to an aromatic ring is 1. The normalized spacial score (nSPS) is 10.3. The van der Waals surface area contributed by atoms with E-state index < -0.39 is 0 Å². The maximum absolute atomic E-state index is 6.09. The van der Waals surface area contributed by atoms with Crippen molar-refractivity contribution in [2.75, 3.05) is 12.8 Å². The molecular formula is C14H14ClNO. The lowest BCUT2D eigenvalue weighted by molar-refractivity contribution is 0.415. The van der Waals surface area contributed by atoms with Gasteiger partial charge in [0.2, 0.25) is 0 Å². The van der Waals surface area contributed by atoms with Crippen molar-refractivity contribution in [2.24, 2.45) is 0 Å². The van der Waals surface area contributed by atoms with Crippen LogP contribution in [0.2, 0.25) is 5.02 Å². The lowest BCUT2D eigenvalue weighted by atomic mass is 10.0. The highest BCUT2D eigenvalue weighted by Crippen LogP contribution is 2.31. The van der Waals surface area contributed by atoms with E-state index in [2.05, 4.69) is 0 Å². The molecule has 2 N–H and O–H groups in total. The lowest BCUT2D eigenvalue weighted by Gasteiger charge is -2.08. The third-order valence-electron chi connectivity index (χ3n) is 2.76. The minimum Gasteiger partial charge on any atom is -0.495 e. The topological polar surface area (TPSA) is 35.2 Å². The standard InChI is InChI=1S/C14H14ClNO/c1-9-3-4-11(8-13(9)16)10-5-6-14(17-2)12(15)7-10/h3-8H,16H2,1-2H3. The first-order valence-electron chi connectivity index (χ1n) is 5.32. The maximum atomic E-state index is 6.09.